The van der Waals surface area contributed by atoms with E-state index in [4.69, 9.17) is 4.42 Å². The summed E-state index contributed by atoms with van der Waals surface area (Å²) in [6.07, 6.45) is 2.06. The molecule has 0 bridgehead atoms. The minimum atomic E-state index is -0.0353. The summed E-state index contributed by atoms with van der Waals surface area (Å²) in [6, 6.07) is 9.99. The third-order valence-corrected chi connectivity index (χ3v) is 4.59. The van der Waals surface area contributed by atoms with Crippen LogP contribution in [0.15, 0.2) is 34.7 Å². The maximum absolute atomic E-state index is 12.8. The van der Waals surface area contributed by atoms with Crippen LogP contribution in [0.2, 0.25) is 0 Å². The summed E-state index contributed by atoms with van der Waals surface area (Å²) < 4.78 is 5.94. The molecule has 1 aromatic carbocycles. The zero-order valence-corrected chi connectivity index (χ0v) is 13.3. The highest BCUT2D eigenvalue weighted by Crippen LogP contribution is 2.29. The minimum Gasteiger partial charge on any atom is -0.459 e. The lowest BCUT2D eigenvalue weighted by Crippen LogP contribution is -2.43. The van der Waals surface area contributed by atoms with Gasteiger partial charge in [0.1, 0.15) is 11.3 Å². The summed E-state index contributed by atoms with van der Waals surface area (Å²) in [5.74, 6) is 1.20. The Hall–Kier alpha value is -1.81. The largest absolute Gasteiger partial charge is 0.459 e. The monoisotopic (exact) mass is 300 g/mol. The number of carbonyl (C=O) groups excluding carboxylic acids is 1. The van der Waals surface area contributed by atoms with E-state index in [0.29, 0.717) is 6.54 Å². The van der Waals surface area contributed by atoms with Crippen LogP contribution in [0.3, 0.4) is 0 Å². The lowest BCUT2D eigenvalue weighted by Gasteiger charge is -2.32. The van der Waals surface area contributed by atoms with Gasteiger partial charge in [0, 0.05) is 18.5 Å². The molecule has 1 amide bonds. The molecule has 1 aliphatic rings. The number of nitrogens with one attached hydrogen (secondary N) is 1. The Kier molecular flexibility index (Phi) is 4.48. The number of hydrogen-bond donors (Lipinski definition) is 1. The van der Waals surface area contributed by atoms with E-state index < -0.39 is 0 Å². The van der Waals surface area contributed by atoms with Gasteiger partial charge in [-0.05, 0) is 45.4 Å². The van der Waals surface area contributed by atoms with Crippen LogP contribution >= 0.6 is 0 Å². The Labute approximate surface area is 131 Å². The molecule has 1 N–H and O–H groups in total. The fraction of sp³-hybridized carbons (Fsp3) is 0.500. The predicted octanol–water partition coefficient (Wildman–Crippen LogP) is 3.34. The number of furan rings is 1. The number of nitrogens with zero attached hydrogens (tertiary/aromatic N) is 1. The van der Waals surface area contributed by atoms with E-state index in [2.05, 4.69) is 18.3 Å². The smallest absolute Gasteiger partial charge is 0.227 e. The van der Waals surface area contributed by atoms with E-state index in [0.717, 1.165) is 42.7 Å². The molecule has 0 aliphatic carbocycles. The number of fused-ring (bicyclic) bond motifs is 1. The minimum absolute atomic E-state index is 0.0353. The Balaban J connectivity index is 1.80. The highest BCUT2D eigenvalue weighted by molar-refractivity contribution is 5.80. The van der Waals surface area contributed by atoms with Crippen molar-refractivity contribution in [3.8, 4) is 0 Å². The van der Waals surface area contributed by atoms with Crippen molar-refractivity contribution in [2.75, 3.05) is 19.6 Å². The zero-order chi connectivity index (χ0) is 15.5. The van der Waals surface area contributed by atoms with Gasteiger partial charge in [-0.1, -0.05) is 18.2 Å². The molecule has 0 radical (unpaired) electrons. The van der Waals surface area contributed by atoms with Crippen molar-refractivity contribution in [2.45, 2.75) is 32.7 Å². The third kappa shape index (κ3) is 2.88. The molecule has 2 heterocycles. The van der Waals surface area contributed by atoms with Crippen LogP contribution in [0.1, 0.15) is 38.5 Å². The molecule has 22 heavy (non-hydrogen) atoms. The van der Waals surface area contributed by atoms with E-state index in [-0.39, 0.29) is 17.9 Å². The second kappa shape index (κ2) is 6.53. The van der Waals surface area contributed by atoms with Gasteiger partial charge in [-0.25, -0.2) is 0 Å². The normalized spacial score (nSPS) is 20.0. The van der Waals surface area contributed by atoms with Crippen LogP contribution in [0, 0.1) is 5.92 Å². The second-order valence-corrected chi connectivity index (χ2v) is 6.03. The van der Waals surface area contributed by atoms with E-state index in [9.17, 15) is 4.79 Å². The first-order valence-corrected chi connectivity index (χ1v) is 8.20. The van der Waals surface area contributed by atoms with Gasteiger partial charge in [0.2, 0.25) is 5.91 Å². The summed E-state index contributed by atoms with van der Waals surface area (Å²) in [7, 11) is 0. The summed E-state index contributed by atoms with van der Waals surface area (Å²) in [4.78, 5) is 14.7. The molecule has 2 aromatic rings. The molecule has 4 heteroatoms. The summed E-state index contributed by atoms with van der Waals surface area (Å²) >= 11 is 0. The molecule has 1 fully saturated rings. The van der Waals surface area contributed by atoms with Gasteiger partial charge in [-0.3, -0.25) is 4.79 Å². The molecular weight excluding hydrogens is 276 g/mol. The Morgan fingerprint density at radius 2 is 2.27 bits per heavy atom. The van der Waals surface area contributed by atoms with Crippen LogP contribution in [0.25, 0.3) is 11.0 Å². The number of carbonyl (C=O) groups is 1. The molecule has 2 unspecified atom stereocenters. The second-order valence-electron chi connectivity index (χ2n) is 6.03. The maximum atomic E-state index is 12.8. The standard InChI is InChI=1S/C18H24N2O2/c1-3-20(18(21)15-8-6-10-19-12-15)13(2)17-11-14-7-4-5-9-16(14)22-17/h4-5,7,9,11,13,15,19H,3,6,8,10,12H2,1-2H3. The first-order valence-electron chi connectivity index (χ1n) is 8.20. The van der Waals surface area contributed by atoms with E-state index >= 15 is 0 Å². The molecule has 1 aromatic heterocycles. The van der Waals surface area contributed by atoms with Crippen molar-refractivity contribution in [1.29, 1.82) is 0 Å². The average Bonchev–Trinajstić information content (AvgIpc) is 3.00. The zero-order valence-electron chi connectivity index (χ0n) is 13.3. The van der Waals surface area contributed by atoms with E-state index in [1.165, 1.54) is 0 Å². The van der Waals surface area contributed by atoms with Crippen molar-refractivity contribution in [3.63, 3.8) is 0 Å². The molecule has 118 valence electrons. The van der Waals surface area contributed by atoms with Crippen LogP contribution in [-0.2, 0) is 4.79 Å². The summed E-state index contributed by atoms with van der Waals surface area (Å²) in [5, 5.41) is 4.41. The number of benzene rings is 1. The number of para-hydroxylation sites is 1. The lowest BCUT2D eigenvalue weighted by molar-refractivity contribution is -0.138. The fourth-order valence-corrected chi connectivity index (χ4v) is 3.28. The van der Waals surface area contributed by atoms with Gasteiger partial charge >= 0.3 is 0 Å². The highest BCUT2D eigenvalue weighted by Gasteiger charge is 2.29. The first-order chi connectivity index (χ1) is 10.7. The van der Waals surface area contributed by atoms with Gasteiger partial charge in [-0.2, -0.15) is 0 Å². The van der Waals surface area contributed by atoms with Crippen molar-refractivity contribution in [2.24, 2.45) is 5.92 Å². The SMILES string of the molecule is CCN(C(=O)C1CCCNC1)C(C)c1cc2ccccc2o1. The summed E-state index contributed by atoms with van der Waals surface area (Å²) in [5.41, 5.74) is 0.882. The molecular formula is C18H24N2O2. The number of hydrogen-bond acceptors (Lipinski definition) is 3. The number of piperidine rings is 1. The van der Waals surface area contributed by atoms with Crippen molar-refractivity contribution >= 4 is 16.9 Å². The van der Waals surface area contributed by atoms with Crippen molar-refractivity contribution in [1.82, 2.24) is 10.2 Å². The Bertz CT molecular complexity index is 610. The summed E-state index contributed by atoms with van der Waals surface area (Å²) in [6.45, 7) is 6.60. The van der Waals surface area contributed by atoms with Gasteiger partial charge in [0.15, 0.2) is 0 Å². The lowest BCUT2D eigenvalue weighted by atomic mass is 9.97. The maximum Gasteiger partial charge on any atom is 0.227 e. The topological polar surface area (TPSA) is 45.5 Å². The van der Waals surface area contributed by atoms with Crippen molar-refractivity contribution < 1.29 is 9.21 Å². The van der Waals surface area contributed by atoms with E-state index in [1.807, 2.05) is 36.1 Å². The molecule has 0 saturated carbocycles. The average molecular weight is 300 g/mol. The predicted molar refractivity (Wildman–Crippen MR) is 87.6 cm³/mol. The highest BCUT2D eigenvalue weighted by atomic mass is 16.3. The Morgan fingerprint density at radius 3 is 2.95 bits per heavy atom. The van der Waals surface area contributed by atoms with Crippen LogP contribution in [-0.4, -0.2) is 30.4 Å². The van der Waals surface area contributed by atoms with Crippen LogP contribution < -0.4 is 5.32 Å². The van der Waals surface area contributed by atoms with Gasteiger partial charge in [0.05, 0.1) is 12.0 Å². The van der Waals surface area contributed by atoms with Gasteiger partial charge < -0.3 is 14.6 Å². The molecule has 4 nitrogen and oxygen atoms in total. The van der Waals surface area contributed by atoms with Gasteiger partial charge in [-0.15, -0.1) is 0 Å². The fourth-order valence-electron chi connectivity index (χ4n) is 3.28. The number of amides is 1. The molecule has 3 rings (SSSR count). The molecule has 2 atom stereocenters. The third-order valence-electron chi connectivity index (χ3n) is 4.59. The molecule has 0 spiro atoms. The van der Waals surface area contributed by atoms with Crippen molar-refractivity contribution in [3.05, 3.63) is 36.1 Å². The van der Waals surface area contributed by atoms with Gasteiger partial charge in [0.25, 0.3) is 0 Å². The number of rotatable bonds is 4. The van der Waals surface area contributed by atoms with Crippen LogP contribution in [0.4, 0.5) is 0 Å². The Morgan fingerprint density at radius 1 is 1.45 bits per heavy atom. The molecule has 1 saturated heterocycles. The van der Waals surface area contributed by atoms with E-state index in [1.54, 1.807) is 0 Å². The first kappa shape index (κ1) is 15.1. The molecule has 1 aliphatic heterocycles. The van der Waals surface area contributed by atoms with Crippen LogP contribution in [0.5, 0.6) is 0 Å². The quantitative estimate of drug-likeness (QED) is 0.942.